The van der Waals surface area contributed by atoms with Gasteiger partial charge in [0.1, 0.15) is 0 Å². The number of piperidine rings is 1. The molecule has 1 aromatic heterocycles. The third kappa shape index (κ3) is 5.42. The number of aryl methyl sites for hydroxylation is 1. The molecule has 2 saturated heterocycles. The number of likely N-dealkylation sites (tertiary alicyclic amines) is 1. The first-order valence-corrected chi connectivity index (χ1v) is 11.1. The summed E-state index contributed by atoms with van der Waals surface area (Å²) in [5.74, 6) is 1.05. The summed E-state index contributed by atoms with van der Waals surface area (Å²) in [7, 11) is 0. The van der Waals surface area contributed by atoms with Gasteiger partial charge in [-0.1, -0.05) is 0 Å². The molecule has 2 aromatic rings. The first-order chi connectivity index (χ1) is 12.6. The molecule has 1 spiro atoms. The average Bonchev–Trinajstić information content (AvgIpc) is 3.30. The van der Waals surface area contributed by atoms with Crippen LogP contribution in [0.1, 0.15) is 40.3 Å². The zero-order chi connectivity index (χ0) is 18.0. The van der Waals surface area contributed by atoms with Crippen LogP contribution >= 0.6 is 47.9 Å². The van der Waals surface area contributed by atoms with Crippen LogP contribution in [0.25, 0.3) is 0 Å². The fraction of sp³-hybridized carbons (Fsp3) is 0.500. The molecular weight excluding hydrogens is 433 g/mol. The van der Waals surface area contributed by atoms with E-state index in [2.05, 4.69) is 27.8 Å². The zero-order valence-electron chi connectivity index (χ0n) is 16.0. The molecule has 0 bridgehead atoms. The third-order valence-corrected chi connectivity index (χ3v) is 7.47. The average molecular weight is 460 g/mol. The second kappa shape index (κ2) is 10.3. The van der Waals surface area contributed by atoms with E-state index in [0.29, 0.717) is 5.41 Å². The number of thioether (sulfide) groups is 1. The predicted octanol–water partition coefficient (Wildman–Crippen LogP) is 4.80. The minimum atomic E-state index is 0. The van der Waals surface area contributed by atoms with Crippen molar-refractivity contribution >= 4 is 53.8 Å². The number of rotatable bonds is 4. The Hall–Kier alpha value is -0.790. The van der Waals surface area contributed by atoms with Crippen molar-refractivity contribution in [2.24, 2.45) is 5.41 Å². The SMILES string of the molecule is Cc1nc(CSc2ccc(C(=O)N3CCC4(CCNC4)CC3)cc2)cs1.Cl.Cl. The molecule has 1 aromatic carbocycles. The van der Waals surface area contributed by atoms with Gasteiger partial charge in [0, 0.05) is 41.2 Å². The highest BCUT2D eigenvalue weighted by Crippen LogP contribution is 2.37. The van der Waals surface area contributed by atoms with Crippen molar-refractivity contribution in [3.8, 4) is 0 Å². The molecule has 2 aliphatic heterocycles. The summed E-state index contributed by atoms with van der Waals surface area (Å²) in [6, 6.07) is 8.06. The summed E-state index contributed by atoms with van der Waals surface area (Å²) < 4.78 is 0. The van der Waals surface area contributed by atoms with Crippen molar-refractivity contribution < 1.29 is 4.79 Å². The van der Waals surface area contributed by atoms with Crippen LogP contribution in [0, 0.1) is 12.3 Å². The van der Waals surface area contributed by atoms with E-state index >= 15 is 0 Å². The third-order valence-electron chi connectivity index (χ3n) is 5.60. The highest BCUT2D eigenvalue weighted by molar-refractivity contribution is 7.98. The van der Waals surface area contributed by atoms with Gasteiger partial charge in [-0.2, -0.15) is 0 Å². The number of aromatic nitrogens is 1. The lowest BCUT2D eigenvalue weighted by Crippen LogP contribution is -2.44. The molecule has 0 saturated carbocycles. The molecule has 2 fully saturated rings. The quantitative estimate of drug-likeness (QED) is 0.666. The fourth-order valence-electron chi connectivity index (χ4n) is 3.91. The maximum Gasteiger partial charge on any atom is 0.253 e. The summed E-state index contributed by atoms with van der Waals surface area (Å²) in [5, 5.41) is 6.70. The molecule has 3 heterocycles. The number of nitrogens with zero attached hydrogens (tertiary/aromatic N) is 2. The van der Waals surface area contributed by atoms with E-state index < -0.39 is 0 Å². The van der Waals surface area contributed by atoms with Crippen LogP contribution in [0.2, 0.25) is 0 Å². The van der Waals surface area contributed by atoms with Gasteiger partial charge in [-0.05, 0) is 62.4 Å². The number of thiazole rings is 1. The largest absolute Gasteiger partial charge is 0.339 e. The second-order valence-electron chi connectivity index (χ2n) is 7.39. The predicted molar refractivity (Wildman–Crippen MR) is 122 cm³/mol. The van der Waals surface area contributed by atoms with Crippen LogP contribution in [0.3, 0.4) is 0 Å². The van der Waals surface area contributed by atoms with Crippen molar-refractivity contribution in [1.82, 2.24) is 15.2 Å². The van der Waals surface area contributed by atoms with E-state index in [-0.39, 0.29) is 30.7 Å². The Morgan fingerprint density at radius 2 is 1.93 bits per heavy atom. The van der Waals surface area contributed by atoms with Crippen molar-refractivity contribution in [2.45, 2.75) is 36.8 Å². The Balaban J connectivity index is 0.00000140. The monoisotopic (exact) mass is 459 g/mol. The summed E-state index contributed by atoms with van der Waals surface area (Å²) in [6.07, 6.45) is 3.53. The lowest BCUT2D eigenvalue weighted by atomic mass is 9.78. The van der Waals surface area contributed by atoms with Gasteiger partial charge in [0.25, 0.3) is 5.91 Å². The number of hydrogen-bond donors (Lipinski definition) is 1. The lowest BCUT2D eigenvalue weighted by Gasteiger charge is -2.38. The summed E-state index contributed by atoms with van der Waals surface area (Å²) in [6.45, 7) is 6.07. The summed E-state index contributed by atoms with van der Waals surface area (Å²) >= 11 is 3.46. The molecule has 0 aliphatic carbocycles. The number of nitrogens with one attached hydrogen (secondary N) is 1. The van der Waals surface area contributed by atoms with Crippen LogP contribution < -0.4 is 5.32 Å². The number of carbonyl (C=O) groups excluding carboxylic acids is 1. The molecule has 0 radical (unpaired) electrons. The van der Waals surface area contributed by atoms with E-state index in [4.69, 9.17) is 0 Å². The number of benzene rings is 1. The van der Waals surface area contributed by atoms with Crippen LogP contribution in [0.4, 0.5) is 0 Å². The number of carbonyl (C=O) groups is 1. The molecule has 4 rings (SSSR count). The van der Waals surface area contributed by atoms with Crippen molar-refractivity contribution in [1.29, 1.82) is 0 Å². The molecule has 28 heavy (non-hydrogen) atoms. The van der Waals surface area contributed by atoms with Gasteiger partial charge >= 0.3 is 0 Å². The van der Waals surface area contributed by atoms with Crippen molar-refractivity contribution in [3.63, 3.8) is 0 Å². The summed E-state index contributed by atoms with van der Waals surface area (Å²) in [5.41, 5.74) is 2.38. The van der Waals surface area contributed by atoms with Crippen LogP contribution in [0.15, 0.2) is 34.5 Å². The molecule has 2 aliphatic rings. The molecule has 1 amide bonds. The van der Waals surface area contributed by atoms with Gasteiger partial charge in [0.05, 0.1) is 10.7 Å². The Kier molecular flexibility index (Phi) is 8.64. The van der Waals surface area contributed by atoms with Crippen LogP contribution in [-0.4, -0.2) is 42.0 Å². The fourth-order valence-corrected chi connectivity index (χ4v) is 5.42. The topological polar surface area (TPSA) is 45.2 Å². The lowest BCUT2D eigenvalue weighted by molar-refractivity contribution is 0.0607. The smallest absolute Gasteiger partial charge is 0.253 e. The zero-order valence-corrected chi connectivity index (χ0v) is 19.2. The minimum absolute atomic E-state index is 0. The first-order valence-electron chi connectivity index (χ1n) is 9.27. The number of amides is 1. The van der Waals surface area contributed by atoms with Crippen LogP contribution in [0.5, 0.6) is 0 Å². The van der Waals surface area contributed by atoms with E-state index in [9.17, 15) is 4.79 Å². The Morgan fingerprint density at radius 1 is 1.21 bits per heavy atom. The van der Waals surface area contributed by atoms with Gasteiger partial charge < -0.3 is 10.2 Å². The molecule has 1 N–H and O–H groups in total. The molecule has 4 nitrogen and oxygen atoms in total. The van der Waals surface area contributed by atoms with E-state index in [1.165, 1.54) is 11.3 Å². The first kappa shape index (κ1) is 23.5. The van der Waals surface area contributed by atoms with E-state index in [0.717, 1.165) is 61.0 Å². The summed E-state index contributed by atoms with van der Waals surface area (Å²) in [4.78, 5) is 20.5. The van der Waals surface area contributed by atoms with E-state index in [1.807, 2.05) is 24.0 Å². The minimum Gasteiger partial charge on any atom is -0.339 e. The highest BCUT2D eigenvalue weighted by atomic mass is 35.5. The van der Waals surface area contributed by atoms with Crippen molar-refractivity contribution in [2.75, 3.05) is 26.2 Å². The van der Waals surface area contributed by atoms with Gasteiger partial charge in [0.2, 0.25) is 0 Å². The van der Waals surface area contributed by atoms with Gasteiger partial charge in [-0.25, -0.2) is 4.98 Å². The molecular formula is C20H27Cl2N3OS2. The second-order valence-corrected chi connectivity index (χ2v) is 9.50. The number of hydrogen-bond acceptors (Lipinski definition) is 5. The van der Waals surface area contributed by atoms with Crippen molar-refractivity contribution in [3.05, 3.63) is 45.9 Å². The van der Waals surface area contributed by atoms with E-state index in [1.54, 1.807) is 23.1 Å². The molecule has 0 atom stereocenters. The Labute approximate surface area is 187 Å². The molecule has 0 unspecified atom stereocenters. The Morgan fingerprint density at radius 3 is 2.50 bits per heavy atom. The maximum atomic E-state index is 12.8. The number of halogens is 2. The van der Waals surface area contributed by atoms with Gasteiger partial charge in [0.15, 0.2) is 0 Å². The van der Waals surface area contributed by atoms with Crippen LogP contribution in [-0.2, 0) is 5.75 Å². The van der Waals surface area contributed by atoms with Gasteiger partial charge in [-0.15, -0.1) is 47.9 Å². The normalized spacial score (nSPS) is 17.8. The standard InChI is InChI=1S/C20H25N3OS2.2ClH/c1-15-22-17(12-25-15)13-26-18-4-2-16(3-5-18)19(24)23-10-7-20(8-11-23)6-9-21-14-20;;/h2-5,12,21H,6-11,13-14H2,1H3;2*1H. The molecule has 154 valence electrons. The maximum absolute atomic E-state index is 12.8. The van der Waals surface area contributed by atoms with Gasteiger partial charge in [-0.3, -0.25) is 4.79 Å². The molecule has 8 heteroatoms. The Bertz CT molecular complexity index is 766. The highest BCUT2D eigenvalue weighted by Gasteiger charge is 2.38.